The molecule has 0 atom stereocenters. The number of fused-ring (bicyclic) bond motifs is 1. The molecule has 2 aromatic rings. The van der Waals surface area contributed by atoms with Gasteiger partial charge in [-0.2, -0.15) is 0 Å². The Hall–Kier alpha value is -0.831. The molecule has 92 valence electrons. The molecule has 0 fully saturated rings. The van der Waals surface area contributed by atoms with E-state index < -0.39 is 0 Å². The van der Waals surface area contributed by atoms with Gasteiger partial charge in [0.2, 0.25) is 0 Å². The summed E-state index contributed by atoms with van der Waals surface area (Å²) in [5.74, 6) is 0.334. The first kappa shape index (κ1) is 12.6. The van der Waals surface area contributed by atoms with Crippen molar-refractivity contribution in [3.05, 3.63) is 22.9 Å². The molecule has 0 aliphatic rings. The molecule has 2 rings (SSSR count). The number of pyridine rings is 1. The molecule has 4 heteroatoms. The summed E-state index contributed by atoms with van der Waals surface area (Å²) in [4.78, 5) is 8.63. The fourth-order valence-corrected chi connectivity index (χ4v) is 3.83. The second kappa shape index (κ2) is 5.21. The van der Waals surface area contributed by atoms with Gasteiger partial charge in [0, 0.05) is 0 Å². The third-order valence-corrected chi connectivity index (χ3v) is 5.18. The van der Waals surface area contributed by atoms with Gasteiger partial charge in [0.05, 0.1) is 0 Å². The van der Waals surface area contributed by atoms with Gasteiger partial charge in [-0.05, 0) is 0 Å². The fraction of sp³-hybridized carbons (Fsp3) is 0.462. The minimum atomic E-state index is 0.334. The van der Waals surface area contributed by atoms with Crippen molar-refractivity contribution >= 4 is 24.1 Å². The molecular formula is C13H18N2OSe. The summed E-state index contributed by atoms with van der Waals surface area (Å²) in [5.41, 5.74) is 1.28. The molecule has 0 radical (unpaired) electrons. The van der Waals surface area contributed by atoms with E-state index in [-0.39, 0.29) is 0 Å². The van der Waals surface area contributed by atoms with Crippen molar-refractivity contribution in [3.8, 4) is 5.75 Å². The van der Waals surface area contributed by atoms with Crippen LogP contribution in [0.5, 0.6) is 5.75 Å². The molecule has 0 aliphatic carbocycles. The molecule has 3 nitrogen and oxygen atoms in total. The second-order valence-corrected chi connectivity index (χ2v) is 6.53. The summed E-state index contributed by atoms with van der Waals surface area (Å²) in [6.07, 6.45) is 4.42. The van der Waals surface area contributed by atoms with E-state index in [0.717, 1.165) is 18.4 Å². The van der Waals surface area contributed by atoms with Crippen LogP contribution in [-0.2, 0) is 6.42 Å². The van der Waals surface area contributed by atoms with Gasteiger partial charge in [-0.15, -0.1) is 0 Å². The third-order valence-electron chi connectivity index (χ3n) is 3.16. The Morgan fingerprint density at radius 2 is 2.18 bits per heavy atom. The van der Waals surface area contributed by atoms with E-state index in [9.17, 15) is 5.11 Å². The van der Waals surface area contributed by atoms with E-state index in [1.807, 2.05) is 6.20 Å². The Balaban J connectivity index is 2.19. The number of rotatable bonds is 4. The van der Waals surface area contributed by atoms with Crippen LogP contribution in [0.25, 0.3) is 9.65 Å². The number of hydrogen-bond donors (Lipinski definition) is 1. The van der Waals surface area contributed by atoms with Crippen molar-refractivity contribution in [3.63, 3.8) is 0 Å². The zero-order valence-electron chi connectivity index (χ0n) is 10.5. The molecule has 0 saturated heterocycles. The summed E-state index contributed by atoms with van der Waals surface area (Å²) in [6, 6.07) is 0.563. The zero-order chi connectivity index (χ0) is 12.4. The maximum absolute atomic E-state index is 9.87. The van der Waals surface area contributed by atoms with Crippen LogP contribution in [0.2, 0.25) is 0 Å². The molecule has 0 aromatic carbocycles. The molecule has 1 N–H and O–H groups in total. The van der Waals surface area contributed by atoms with E-state index in [1.165, 1.54) is 9.82 Å². The Morgan fingerprint density at radius 1 is 1.41 bits per heavy atom. The van der Waals surface area contributed by atoms with Crippen LogP contribution in [-0.4, -0.2) is 49.1 Å². The summed E-state index contributed by atoms with van der Waals surface area (Å²) in [7, 11) is 2.14. The van der Waals surface area contributed by atoms with Gasteiger partial charge in [0.15, 0.2) is 0 Å². The quantitative estimate of drug-likeness (QED) is 0.875. The van der Waals surface area contributed by atoms with Gasteiger partial charge in [0.25, 0.3) is 0 Å². The van der Waals surface area contributed by atoms with Crippen molar-refractivity contribution < 1.29 is 5.11 Å². The molecule has 0 saturated carbocycles. The van der Waals surface area contributed by atoms with Crippen LogP contribution >= 0.6 is 0 Å². The first-order chi connectivity index (χ1) is 8.09. The number of likely N-dealkylation sites (N-methyl/N-ethyl adjacent to an activating group) is 1. The molecule has 0 bridgehead atoms. The fourth-order valence-electron chi connectivity index (χ4n) is 1.78. The number of aromatic hydroxyl groups is 1. The van der Waals surface area contributed by atoms with E-state index in [4.69, 9.17) is 0 Å². The number of nitrogens with zero attached hydrogens (tertiary/aromatic N) is 2. The number of hydrogen-bond acceptors (Lipinski definition) is 3. The molecule has 0 spiro atoms. The summed E-state index contributed by atoms with van der Waals surface area (Å²) >= 11 is 0.340. The van der Waals surface area contributed by atoms with Crippen molar-refractivity contribution in [1.82, 2.24) is 9.88 Å². The first-order valence-electron chi connectivity index (χ1n) is 5.83. The van der Waals surface area contributed by atoms with E-state index >= 15 is 0 Å². The SMILES string of the molecule is CC(C)N(C)CCc1c[se]c2cncc(O)c12. The molecular weight excluding hydrogens is 279 g/mol. The Kier molecular flexibility index (Phi) is 3.87. The van der Waals surface area contributed by atoms with Crippen molar-refractivity contribution in [2.24, 2.45) is 0 Å². The average molecular weight is 297 g/mol. The van der Waals surface area contributed by atoms with Crippen LogP contribution < -0.4 is 0 Å². The van der Waals surface area contributed by atoms with Crippen LogP contribution in [0.4, 0.5) is 0 Å². The van der Waals surface area contributed by atoms with Gasteiger partial charge >= 0.3 is 108 Å². The molecule has 0 aliphatic heterocycles. The van der Waals surface area contributed by atoms with Crippen LogP contribution in [0.1, 0.15) is 19.4 Å². The minimum absolute atomic E-state index is 0.334. The third kappa shape index (κ3) is 2.71. The van der Waals surface area contributed by atoms with E-state index in [1.54, 1.807) is 6.20 Å². The molecule has 2 heterocycles. The summed E-state index contributed by atoms with van der Waals surface area (Å²) in [6.45, 7) is 5.42. The van der Waals surface area contributed by atoms with Crippen LogP contribution in [0, 0.1) is 0 Å². The standard InChI is InChI=1S/C13H18N2OSe/c1-9(2)15(3)5-4-10-8-17-12-7-14-6-11(16)13(10)12/h6-9,16H,4-5H2,1-3H3. The Labute approximate surface area is 108 Å². The molecule has 0 unspecified atom stereocenters. The Morgan fingerprint density at radius 3 is 2.88 bits per heavy atom. The monoisotopic (exact) mass is 298 g/mol. The first-order valence-corrected chi connectivity index (χ1v) is 7.67. The molecule has 17 heavy (non-hydrogen) atoms. The normalized spacial score (nSPS) is 11.8. The average Bonchev–Trinajstić information content (AvgIpc) is 2.70. The van der Waals surface area contributed by atoms with Gasteiger partial charge in [-0.25, -0.2) is 0 Å². The predicted octanol–water partition coefficient (Wildman–Crippen LogP) is 1.88. The zero-order valence-corrected chi connectivity index (χ0v) is 12.2. The van der Waals surface area contributed by atoms with Gasteiger partial charge in [-0.1, -0.05) is 0 Å². The van der Waals surface area contributed by atoms with Crippen LogP contribution in [0.15, 0.2) is 17.3 Å². The van der Waals surface area contributed by atoms with Crippen molar-refractivity contribution in [1.29, 1.82) is 0 Å². The van der Waals surface area contributed by atoms with Gasteiger partial charge < -0.3 is 0 Å². The van der Waals surface area contributed by atoms with Crippen molar-refractivity contribution in [2.75, 3.05) is 13.6 Å². The summed E-state index contributed by atoms with van der Waals surface area (Å²) < 4.78 is 1.21. The van der Waals surface area contributed by atoms with E-state index in [2.05, 4.69) is 35.7 Å². The summed E-state index contributed by atoms with van der Waals surface area (Å²) in [5, 5.41) is 10.9. The predicted molar refractivity (Wildman–Crippen MR) is 71.8 cm³/mol. The number of aromatic nitrogens is 1. The Bertz CT molecular complexity index is 507. The van der Waals surface area contributed by atoms with Crippen LogP contribution in [0.3, 0.4) is 0 Å². The van der Waals surface area contributed by atoms with Gasteiger partial charge in [0.1, 0.15) is 0 Å². The molecule has 2 aromatic heterocycles. The second-order valence-electron chi connectivity index (χ2n) is 4.62. The topological polar surface area (TPSA) is 36.4 Å². The maximum atomic E-state index is 9.87. The molecule has 0 amide bonds. The van der Waals surface area contributed by atoms with E-state index in [0.29, 0.717) is 26.3 Å². The van der Waals surface area contributed by atoms with Gasteiger partial charge in [-0.3, -0.25) is 0 Å². The van der Waals surface area contributed by atoms with Crippen molar-refractivity contribution in [2.45, 2.75) is 26.3 Å².